The lowest BCUT2D eigenvalue weighted by atomic mass is 10.1. The average Bonchev–Trinajstić information content (AvgIpc) is 3.28. The molecule has 0 spiro atoms. The van der Waals surface area contributed by atoms with Crippen molar-refractivity contribution in [3.05, 3.63) is 69.2 Å². The molecule has 0 saturated carbocycles. The lowest BCUT2D eigenvalue weighted by Gasteiger charge is -2.26. The van der Waals surface area contributed by atoms with Gasteiger partial charge in [-0.15, -0.1) is 11.3 Å². The maximum absolute atomic E-state index is 12.6. The van der Waals surface area contributed by atoms with Crippen LogP contribution in [0.25, 0.3) is 10.6 Å². The summed E-state index contributed by atoms with van der Waals surface area (Å²) in [7, 11) is 1.44. The molecule has 1 saturated heterocycles. The number of nitro groups is 1. The monoisotopic (exact) mass is 468 g/mol. The predicted octanol–water partition coefficient (Wildman–Crippen LogP) is 3.74. The molecule has 0 aliphatic carbocycles. The highest BCUT2D eigenvalue weighted by Gasteiger charge is 2.16. The third-order valence-electron chi connectivity index (χ3n) is 5.25. The smallest absolute Gasteiger partial charge is 0.271 e. The molecule has 2 aromatic carbocycles. The predicted molar refractivity (Wildman–Crippen MR) is 126 cm³/mol. The van der Waals surface area contributed by atoms with Crippen molar-refractivity contribution >= 4 is 28.6 Å². The molecule has 9 nitrogen and oxygen atoms in total. The summed E-state index contributed by atoms with van der Waals surface area (Å²) in [5, 5.41) is 16.4. The number of methoxy groups -OCH3 is 1. The number of thiazole rings is 1. The minimum Gasteiger partial charge on any atom is -0.495 e. The summed E-state index contributed by atoms with van der Waals surface area (Å²) in [6.45, 7) is 4.24. The van der Waals surface area contributed by atoms with E-state index in [0.717, 1.165) is 43.4 Å². The molecular weight excluding hydrogens is 444 g/mol. The SMILES string of the molecule is COc1ccc([N+](=O)[O-])cc1NC(=O)Cc1csc(-c2cccc(CN3CCOCC3)c2)n1. The van der Waals surface area contributed by atoms with Gasteiger partial charge in [0.25, 0.3) is 5.69 Å². The van der Waals surface area contributed by atoms with Gasteiger partial charge in [-0.3, -0.25) is 19.8 Å². The van der Waals surface area contributed by atoms with Gasteiger partial charge < -0.3 is 14.8 Å². The van der Waals surface area contributed by atoms with Crippen LogP contribution in [0, 0.1) is 10.1 Å². The first-order chi connectivity index (χ1) is 16.0. The Kier molecular flexibility index (Phi) is 7.28. The van der Waals surface area contributed by atoms with E-state index < -0.39 is 4.92 Å². The molecule has 2 heterocycles. The number of carbonyl (C=O) groups is 1. The van der Waals surface area contributed by atoms with Crippen molar-refractivity contribution in [3.8, 4) is 16.3 Å². The Labute approximate surface area is 195 Å². The van der Waals surface area contributed by atoms with E-state index >= 15 is 0 Å². The molecule has 1 N–H and O–H groups in total. The molecule has 4 rings (SSSR count). The highest BCUT2D eigenvalue weighted by atomic mass is 32.1. The van der Waals surface area contributed by atoms with Gasteiger partial charge in [0.2, 0.25) is 5.91 Å². The number of anilines is 1. The van der Waals surface area contributed by atoms with Gasteiger partial charge in [-0.1, -0.05) is 18.2 Å². The fourth-order valence-electron chi connectivity index (χ4n) is 3.61. The van der Waals surface area contributed by atoms with E-state index in [0.29, 0.717) is 11.4 Å². The first-order valence-electron chi connectivity index (χ1n) is 10.5. The zero-order chi connectivity index (χ0) is 23.2. The molecule has 172 valence electrons. The van der Waals surface area contributed by atoms with Crippen LogP contribution < -0.4 is 10.1 Å². The maximum atomic E-state index is 12.6. The molecule has 0 bridgehead atoms. The normalized spacial score (nSPS) is 14.1. The van der Waals surface area contributed by atoms with Crippen LogP contribution in [0.3, 0.4) is 0 Å². The minimum absolute atomic E-state index is 0.0514. The van der Waals surface area contributed by atoms with Crippen molar-refractivity contribution in [1.29, 1.82) is 0 Å². The number of amides is 1. The molecule has 10 heteroatoms. The van der Waals surface area contributed by atoms with E-state index in [1.165, 1.54) is 42.2 Å². The number of non-ortho nitro benzene ring substituents is 1. The molecule has 0 unspecified atom stereocenters. The van der Waals surface area contributed by atoms with Crippen molar-refractivity contribution in [2.45, 2.75) is 13.0 Å². The number of hydrogen-bond donors (Lipinski definition) is 1. The van der Waals surface area contributed by atoms with Gasteiger partial charge in [0.05, 0.1) is 43.0 Å². The van der Waals surface area contributed by atoms with Crippen LogP contribution in [0.4, 0.5) is 11.4 Å². The molecule has 1 amide bonds. The summed E-state index contributed by atoms with van der Waals surface area (Å²) >= 11 is 1.48. The lowest BCUT2D eigenvalue weighted by Crippen LogP contribution is -2.35. The summed E-state index contributed by atoms with van der Waals surface area (Å²) in [6.07, 6.45) is 0.0514. The van der Waals surface area contributed by atoms with Crippen LogP contribution in [0.1, 0.15) is 11.3 Å². The number of hydrogen-bond acceptors (Lipinski definition) is 8. The van der Waals surface area contributed by atoms with E-state index in [4.69, 9.17) is 9.47 Å². The van der Waals surface area contributed by atoms with Gasteiger partial charge in [-0.05, 0) is 17.7 Å². The van der Waals surface area contributed by atoms with Gasteiger partial charge >= 0.3 is 0 Å². The molecule has 1 aliphatic heterocycles. The summed E-state index contributed by atoms with van der Waals surface area (Å²) in [5.74, 6) is 0.0247. The van der Waals surface area contributed by atoms with Gasteiger partial charge in [0, 0.05) is 42.7 Å². The van der Waals surface area contributed by atoms with Crippen LogP contribution in [-0.2, 0) is 22.5 Å². The quantitative estimate of drug-likeness (QED) is 0.396. The van der Waals surface area contributed by atoms with Crippen LogP contribution in [0.2, 0.25) is 0 Å². The second kappa shape index (κ2) is 10.5. The average molecular weight is 469 g/mol. The number of rotatable bonds is 8. The minimum atomic E-state index is -0.519. The second-order valence-electron chi connectivity index (χ2n) is 7.60. The van der Waals surface area contributed by atoms with Crippen molar-refractivity contribution in [1.82, 2.24) is 9.88 Å². The third kappa shape index (κ3) is 5.92. The Morgan fingerprint density at radius 2 is 2.09 bits per heavy atom. The van der Waals surface area contributed by atoms with Crippen molar-refractivity contribution in [2.24, 2.45) is 0 Å². The van der Waals surface area contributed by atoms with Gasteiger partial charge in [-0.2, -0.15) is 0 Å². The number of morpholine rings is 1. The molecule has 0 radical (unpaired) electrons. The molecule has 1 fully saturated rings. The molecule has 0 atom stereocenters. The number of ether oxygens (including phenoxy) is 2. The summed E-state index contributed by atoms with van der Waals surface area (Å²) in [6, 6.07) is 12.3. The van der Waals surface area contributed by atoms with Gasteiger partial charge in [-0.25, -0.2) is 4.98 Å². The Bertz CT molecular complexity index is 1140. The first-order valence-corrected chi connectivity index (χ1v) is 11.4. The van der Waals surface area contributed by atoms with E-state index in [2.05, 4.69) is 27.3 Å². The summed E-state index contributed by atoms with van der Waals surface area (Å²) < 4.78 is 10.6. The third-order valence-corrected chi connectivity index (χ3v) is 6.19. The van der Waals surface area contributed by atoms with Crippen molar-refractivity contribution in [3.63, 3.8) is 0 Å². The van der Waals surface area contributed by atoms with Crippen LogP contribution in [-0.4, -0.2) is 54.1 Å². The molecular formula is C23H24N4O5S. The van der Waals surface area contributed by atoms with Crippen molar-refractivity contribution < 1.29 is 19.2 Å². The van der Waals surface area contributed by atoms with Gasteiger partial charge in [0.1, 0.15) is 10.8 Å². The standard InChI is InChI=1S/C23H24N4O5S/c1-31-21-6-5-19(27(29)30)13-20(21)25-22(28)12-18-15-33-23(24-18)17-4-2-3-16(11-17)14-26-7-9-32-10-8-26/h2-6,11,13,15H,7-10,12,14H2,1H3,(H,25,28). The second-order valence-corrected chi connectivity index (χ2v) is 8.46. The Hall–Kier alpha value is -3.34. The van der Waals surface area contributed by atoms with E-state index in [-0.39, 0.29) is 23.7 Å². The summed E-state index contributed by atoms with van der Waals surface area (Å²) in [5.41, 5.74) is 2.98. The fourth-order valence-corrected chi connectivity index (χ4v) is 4.42. The maximum Gasteiger partial charge on any atom is 0.271 e. The molecule has 33 heavy (non-hydrogen) atoms. The number of nitrogens with one attached hydrogen (secondary N) is 1. The number of carbonyl (C=O) groups excluding carboxylic acids is 1. The number of nitrogens with zero attached hydrogens (tertiary/aromatic N) is 3. The molecule has 1 aliphatic rings. The van der Waals surface area contributed by atoms with Gasteiger partial charge in [0.15, 0.2) is 0 Å². The number of nitro benzene ring substituents is 1. The van der Waals surface area contributed by atoms with Crippen LogP contribution in [0.15, 0.2) is 47.8 Å². The highest BCUT2D eigenvalue weighted by Crippen LogP contribution is 2.29. The topological polar surface area (TPSA) is 107 Å². The fraction of sp³-hybridized carbons (Fsp3) is 0.304. The Morgan fingerprint density at radius 3 is 2.85 bits per heavy atom. The Morgan fingerprint density at radius 1 is 1.27 bits per heavy atom. The first kappa shape index (κ1) is 22.8. The lowest BCUT2D eigenvalue weighted by molar-refractivity contribution is -0.384. The van der Waals surface area contributed by atoms with Crippen molar-refractivity contribution in [2.75, 3.05) is 38.7 Å². The number of aromatic nitrogens is 1. The van der Waals surface area contributed by atoms with Crippen LogP contribution in [0.5, 0.6) is 5.75 Å². The highest BCUT2D eigenvalue weighted by molar-refractivity contribution is 7.13. The Balaban J connectivity index is 1.42. The van der Waals surface area contributed by atoms with Crippen LogP contribution >= 0.6 is 11.3 Å². The number of benzene rings is 2. The molecule has 1 aromatic heterocycles. The molecule has 3 aromatic rings. The van der Waals surface area contributed by atoms with E-state index in [9.17, 15) is 14.9 Å². The van der Waals surface area contributed by atoms with E-state index in [1.54, 1.807) is 0 Å². The zero-order valence-electron chi connectivity index (χ0n) is 18.2. The van der Waals surface area contributed by atoms with E-state index in [1.807, 2.05) is 17.5 Å². The largest absolute Gasteiger partial charge is 0.495 e. The zero-order valence-corrected chi connectivity index (χ0v) is 19.0. The summed E-state index contributed by atoms with van der Waals surface area (Å²) in [4.78, 5) is 30.1.